The maximum atomic E-state index is 6.44. The van der Waals surface area contributed by atoms with E-state index in [1.165, 1.54) is 5.56 Å². The van der Waals surface area contributed by atoms with Crippen molar-refractivity contribution in [2.45, 2.75) is 18.4 Å². The number of hydrogen-bond donors (Lipinski definition) is 1. The minimum Gasteiger partial charge on any atom is -0.376 e. The van der Waals surface area contributed by atoms with E-state index >= 15 is 0 Å². The molecule has 2 aliphatic rings. The number of fused-ring (bicyclic) bond motifs is 3. The van der Waals surface area contributed by atoms with Crippen LogP contribution in [0.1, 0.15) is 29.5 Å². The third-order valence-electron chi connectivity index (χ3n) is 4.67. The van der Waals surface area contributed by atoms with Gasteiger partial charge in [0.2, 0.25) is 0 Å². The minimum absolute atomic E-state index is 0.136. The SMILES string of the molecule is Clc1ccccc1C1Nc2c(ccc(Cl)c2Cl)C2C=CCC21. The molecule has 0 aromatic heterocycles. The fourth-order valence-electron chi connectivity index (χ4n) is 3.64. The number of rotatable bonds is 1. The highest BCUT2D eigenvalue weighted by molar-refractivity contribution is 6.43. The molecule has 2 aromatic rings. The fraction of sp³-hybridized carbons (Fsp3) is 0.222. The molecule has 2 aromatic carbocycles. The van der Waals surface area contributed by atoms with Gasteiger partial charge < -0.3 is 5.32 Å². The summed E-state index contributed by atoms with van der Waals surface area (Å²) in [7, 11) is 0. The van der Waals surface area contributed by atoms with E-state index in [0.717, 1.165) is 22.7 Å². The van der Waals surface area contributed by atoms with Crippen LogP contribution in [-0.2, 0) is 0 Å². The van der Waals surface area contributed by atoms with Crippen molar-refractivity contribution < 1.29 is 0 Å². The molecule has 0 saturated heterocycles. The van der Waals surface area contributed by atoms with Crippen LogP contribution in [0.3, 0.4) is 0 Å². The Hall–Kier alpha value is -1.15. The molecule has 3 unspecified atom stereocenters. The van der Waals surface area contributed by atoms with Gasteiger partial charge in [-0.2, -0.15) is 0 Å². The van der Waals surface area contributed by atoms with Gasteiger partial charge in [0.05, 0.1) is 21.8 Å². The summed E-state index contributed by atoms with van der Waals surface area (Å²) in [5.41, 5.74) is 3.27. The van der Waals surface area contributed by atoms with Crippen LogP contribution < -0.4 is 5.32 Å². The summed E-state index contributed by atoms with van der Waals surface area (Å²) in [5, 5.41) is 5.55. The molecular weight excluding hydrogens is 337 g/mol. The van der Waals surface area contributed by atoms with Crippen molar-refractivity contribution in [1.82, 2.24) is 0 Å². The second-order valence-corrected chi connectivity index (χ2v) is 7.01. The van der Waals surface area contributed by atoms with Crippen molar-refractivity contribution >= 4 is 40.5 Å². The number of benzene rings is 2. The average molecular weight is 351 g/mol. The Kier molecular flexibility index (Phi) is 3.60. The molecule has 3 atom stereocenters. The van der Waals surface area contributed by atoms with Gasteiger partial charge in [-0.25, -0.2) is 0 Å². The Labute approximate surface area is 144 Å². The molecule has 1 nitrogen and oxygen atoms in total. The summed E-state index contributed by atoms with van der Waals surface area (Å²) in [5.74, 6) is 0.803. The summed E-state index contributed by atoms with van der Waals surface area (Å²) >= 11 is 19.1. The van der Waals surface area contributed by atoms with Crippen LogP contribution in [0, 0.1) is 5.92 Å². The van der Waals surface area contributed by atoms with Crippen LogP contribution in [0.2, 0.25) is 15.1 Å². The molecule has 4 rings (SSSR count). The summed E-state index contributed by atoms with van der Waals surface area (Å²) in [6, 6.07) is 12.1. The fourth-order valence-corrected chi connectivity index (χ4v) is 4.28. The van der Waals surface area contributed by atoms with Crippen molar-refractivity contribution in [3.63, 3.8) is 0 Å². The van der Waals surface area contributed by atoms with Crippen LogP contribution in [-0.4, -0.2) is 0 Å². The lowest BCUT2D eigenvalue weighted by Gasteiger charge is -2.38. The molecular formula is C18H14Cl3N. The second-order valence-electron chi connectivity index (χ2n) is 5.82. The maximum Gasteiger partial charge on any atom is 0.0826 e. The van der Waals surface area contributed by atoms with Crippen molar-refractivity contribution in [3.05, 3.63) is 74.7 Å². The van der Waals surface area contributed by atoms with Gasteiger partial charge in [-0.1, -0.05) is 71.2 Å². The van der Waals surface area contributed by atoms with E-state index in [1.807, 2.05) is 24.3 Å². The number of halogens is 3. The van der Waals surface area contributed by atoms with E-state index in [9.17, 15) is 0 Å². The normalized spacial score (nSPS) is 25.5. The third-order valence-corrected chi connectivity index (χ3v) is 5.82. The van der Waals surface area contributed by atoms with Gasteiger partial charge in [-0.05, 0) is 35.6 Å². The lowest BCUT2D eigenvalue weighted by molar-refractivity contribution is 0.426. The molecule has 1 N–H and O–H groups in total. The Morgan fingerprint density at radius 1 is 0.909 bits per heavy atom. The first kappa shape index (κ1) is 14.4. The highest BCUT2D eigenvalue weighted by atomic mass is 35.5. The lowest BCUT2D eigenvalue weighted by atomic mass is 9.77. The first-order valence-corrected chi connectivity index (χ1v) is 8.45. The molecule has 0 bridgehead atoms. The monoisotopic (exact) mass is 349 g/mol. The standard InChI is InChI=1S/C18H14Cl3N/c19-14-7-2-1-4-13(14)17-11-6-3-5-10(11)12-8-9-15(20)16(21)18(12)22-17/h1-5,7-11,17,22H,6H2. The smallest absolute Gasteiger partial charge is 0.0826 e. The molecule has 0 fully saturated rings. The molecule has 4 heteroatoms. The van der Waals surface area contributed by atoms with Gasteiger partial charge in [0.15, 0.2) is 0 Å². The van der Waals surface area contributed by atoms with Gasteiger partial charge in [-0.15, -0.1) is 0 Å². The Morgan fingerprint density at radius 2 is 1.73 bits per heavy atom. The number of anilines is 1. The minimum atomic E-state index is 0.136. The summed E-state index contributed by atoms with van der Waals surface area (Å²) in [4.78, 5) is 0. The van der Waals surface area contributed by atoms with Gasteiger partial charge in [-0.3, -0.25) is 0 Å². The first-order chi connectivity index (χ1) is 10.7. The van der Waals surface area contributed by atoms with E-state index in [0.29, 0.717) is 21.9 Å². The zero-order chi connectivity index (χ0) is 15.3. The van der Waals surface area contributed by atoms with E-state index in [2.05, 4.69) is 29.6 Å². The van der Waals surface area contributed by atoms with Crippen LogP contribution in [0.15, 0.2) is 48.6 Å². The largest absolute Gasteiger partial charge is 0.376 e. The molecule has 1 aliphatic heterocycles. The highest BCUT2D eigenvalue weighted by Crippen LogP contribution is 2.53. The molecule has 112 valence electrons. The van der Waals surface area contributed by atoms with Gasteiger partial charge in [0, 0.05) is 10.9 Å². The number of allylic oxidation sites excluding steroid dienone is 2. The number of nitrogens with one attached hydrogen (secondary N) is 1. The predicted octanol–water partition coefficient (Wildman–Crippen LogP) is 6.47. The highest BCUT2D eigenvalue weighted by Gasteiger charge is 2.39. The molecule has 1 heterocycles. The molecule has 22 heavy (non-hydrogen) atoms. The number of hydrogen-bond acceptors (Lipinski definition) is 1. The first-order valence-electron chi connectivity index (χ1n) is 7.32. The Morgan fingerprint density at radius 3 is 2.55 bits per heavy atom. The van der Waals surface area contributed by atoms with Crippen molar-refractivity contribution in [2.24, 2.45) is 5.92 Å². The van der Waals surface area contributed by atoms with Gasteiger partial charge >= 0.3 is 0 Å². The van der Waals surface area contributed by atoms with Crippen LogP contribution in [0.25, 0.3) is 0 Å². The quantitative estimate of drug-likeness (QED) is 0.581. The van der Waals surface area contributed by atoms with E-state index in [4.69, 9.17) is 34.8 Å². The van der Waals surface area contributed by atoms with Gasteiger partial charge in [0.25, 0.3) is 0 Å². The zero-order valence-corrected chi connectivity index (χ0v) is 14.0. The van der Waals surface area contributed by atoms with E-state index < -0.39 is 0 Å². The molecule has 0 spiro atoms. The summed E-state index contributed by atoms with van der Waals surface area (Å²) in [6.07, 6.45) is 5.56. The van der Waals surface area contributed by atoms with Gasteiger partial charge in [0.1, 0.15) is 0 Å². The molecule has 0 radical (unpaired) electrons. The van der Waals surface area contributed by atoms with Crippen molar-refractivity contribution in [1.29, 1.82) is 0 Å². The zero-order valence-electron chi connectivity index (χ0n) is 11.7. The Balaban J connectivity index is 1.87. The molecule has 0 amide bonds. The summed E-state index contributed by atoms with van der Waals surface area (Å²) in [6.45, 7) is 0. The van der Waals surface area contributed by atoms with Crippen molar-refractivity contribution in [3.8, 4) is 0 Å². The lowest BCUT2D eigenvalue weighted by Crippen LogP contribution is -2.29. The molecule has 0 saturated carbocycles. The van der Waals surface area contributed by atoms with Crippen LogP contribution in [0.4, 0.5) is 5.69 Å². The van der Waals surface area contributed by atoms with Crippen LogP contribution in [0.5, 0.6) is 0 Å². The third kappa shape index (κ3) is 2.15. The topological polar surface area (TPSA) is 12.0 Å². The van der Waals surface area contributed by atoms with Crippen molar-refractivity contribution in [2.75, 3.05) is 5.32 Å². The second kappa shape index (κ2) is 5.49. The average Bonchev–Trinajstić information content (AvgIpc) is 3.00. The van der Waals surface area contributed by atoms with E-state index in [1.54, 1.807) is 0 Å². The van der Waals surface area contributed by atoms with Crippen LogP contribution >= 0.6 is 34.8 Å². The predicted molar refractivity (Wildman–Crippen MR) is 94.3 cm³/mol. The Bertz CT molecular complexity index is 769. The summed E-state index contributed by atoms with van der Waals surface area (Å²) < 4.78 is 0. The van der Waals surface area contributed by atoms with E-state index in [-0.39, 0.29) is 6.04 Å². The molecule has 1 aliphatic carbocycles. The maximum absolute atomic E-state index is 6.44.